The molecule has 1 rings (SSSR count). The molecular weight excluding hydrogens is 216 g/mol. The molecule has 0 spiro atoms. The average Bonchev–Trinajstić information content (AvgIpc) is 2.34. The van der Waals surface area contributed by atoms with Crippen LogP contribution >= 0.6 is 0 Å². The number of hydrogen-bond donors (Lipinski definition) is 2. The fraction of sp³-hybridized carbons (Fsp3) is 0.462. The molecule has 0 saturated carbocycles. The minimum atomic E-state index is -0.599. The summed E-state index contributed by atoms with van der Waals surface area (Å²) in [5.74, 6) is -0.148. The Bertz CT molecular complexity index is 349. The number of nitrogens with one attached hydrogen (secondary N) is 1. The Labute approximate surface area is 102 Å². The van der Waals surface area contributed by atoms with Crippen molar-refractivity contribution < 1.29 is 9.53 Å². The Kier molecular flexibility index (Phi) is 5.66. The minimum Gasteiger partial charge on any atom is -0.385 e. The van der Waals surface area contributed by atoms with E-state index >= 15 is 0 Å². The third-order valence-corrected chi connectivity index (χ3v) is 2.54. The standard InChI is InChI=1S/C13H20N2O2/c1-10-4-6-11(7-5-10)12(14)13(16)15-8-3-9-17-2/h4-7,12H,3,8-9,14H2,1-2H3,(H,15,16). The normalized spacial score (nSPS) is 12.2. The number of carbonyl (C=O) groups excluding carboxylic acids is 1. The first kappa shape index (κ1) is 13.7. The summed E-state index contributed by atoms with van der Waals surface area (Å²) in [6, 6.07) is 7.07. The van der Waals surface area contributed by atoms with Crippen molar-refractivity contribution in [2.45, 2.75) is 19.4 Å². The van der Waals surface area contributed by atoms with E-state index in [4.69, 9.17) is 10.5 Å². The van der Waals surface area contributed by atoms with Crippen LogP contribution in [0, 0.1) is 6.92 Å². The van der Waals surface area contributed by atoms with Gasteiger partial charge in [0, 0.05) is 20.3 Å². The molecule has 94 valence electrons. The van der Waals surface area contributed by atoms with Crippen molar-refractivity contribution in [3.63, 3.8) is 0 Å². The Hall–Kier alpha value is -1.39. The molecule has 0 heterocycles. The third-order valence-electron chi connectivity index (χ3n) is 2.54. The van der Waals surface area contributed by atoms with E-state index in [1.54, 1.807) is 7.11 Å². The van der Waals surface area contributed by atoms with E-state index in [-0.39, 0.29) is 5.91 Å². The van der Waals surface area contributed by atoms with Crippen LogP contribution in [0.2, 0.25) is 0 Å². The first-order chi connectivity index (χ1) is 8.15. The van der Waals surface area contributed by atoms with Crippen molar-refractivity contribution >= 4 is 5.91 Å². The highest BCUT2D eigenvalue weighted by Gasteiger charge is 2.14. The van der Waals surface area contributed by atoms with Gasteiger partial charge in [0.2, 0.25) is 5.91 Å². The number of nitrogens with two attached hydrogens (primary N) is 1. The van der Waals surface area contributed by atoms with Crippen LogP contribution in [0.4, 0.5) is 0 Å². The predicted molar refractivity (Wildman–Crippen MR) is 67.6 cm³/mol. The van der Waals surface area contributed by atoms with E-state index in [9.17, 15) is 4.79 Å². The van der Waals surface area contributed by atoms with Crippen LogP contribution in [0.5, 0.6) is 0 Å². The third kappa shape index (κ3) is 4.54. The second kappa shape index (κ2) is 7.04. The molecule has 0 bridgehead atoms. The van der Waals surface area contributed by atoms with E-state index in [0.717, 1.165) is 17.5 Å². The van der Waals surface area contributed by atoms with Crippen LogP contribution in [-0.4, -0.2) is 26.2 Å². The summed E-state index contributed by atoms with van der Waals surface area (Å²) in [6.45, 7) is 3.23. The van der Waals surface area contributed by atoms with Gasteiger partial charge in [0.1, 0.15) is 6.04 Å². The zero-order valence-electron chi connectivity index (χ0n) is 10.4. The molecule has 1 unspecified atom stereocenters. The summed E-state index contributed by atoms with van der Waals surface area (Å²) in [5, 5.41) is 2.79. The second-order valence-corrected chi connectivity index (χ2v) is 4.03. The summed E-state index contributed by atoms with van der Waals surface area (Å²) in [6.07, 6.45) is 0.795. The highest BCUT2D eigenvalue weighted by atomic mass is 16.5. The molecule has 4 nitrogen and oxygen atoms in total. The van der Waals surface area contributed by atoms with Gasteiger partial charge in [-0.3, -0.25) is 4.79 Å². The Morgan fingerprint density at radius 2 is 2.06 bits per heavy atom. The van der Waals surface area contributed by atoms with Gasteiger partial charge >= 0.3 is 0 Å². The van der Waals surface area contributed by atoms with E-state index in [0.29, 0.717) is 13.2 Å². The van der Waals surface area contributed by atoms with Gasteiger partial charge in [-0.05, 0) is 18.9 Å². The average molecular weight is 236 g/mol. The molecule has 0 aliphatic carbocycles. The second-order valence-electron chi connectivity index (χ2n) is 4.03. The van der Waals surface area contributed by atoms with Crippen LogP contribution in [0.3, 0.4) is 0 Å². The number of rotatable bonds is 6. The number of aryl methyl sites for hydroxylation is 1. The summed E-state index contributed by atoms with van der Waals surface area (Å²) in [4.78, 5) is 11.7. The van der Waals surface area contributed by atoms with Gasteiger partial charge in [-0.25, -0.2) is 0 Å². The maximum absolute atomic E-state index is 11.7. The monoisotopic (exact) mass is 236 g/mol. The predicted octanol–water partition coefficient (Wildman–Crippen LogP) is 1.15. The fourth-order valence-electron chi connectivity index (χ4n) is 1.46. The largest absolute Gasteiger partial charge is 0.385 e. The molecule has 1 atom stereocenters. The molecule has 3 N–H and O–H groups in total. The van der Waals surface area contributed by atoms with Crippen molar-refractivity contribution in [2.75, 3.05) is 20.3 Å². The van der Waals surface area contributed by atoms with Gasteiger partial charge in [-0.15, -0.1) is 0 Å². The van der Waals surface area contributed by atoms with Crippen LogP contribution in [0.15, 0.2) is 24.3 Å². The molecule has 0 aliphatic heterocycles. The number of methoxy groups -OCH3 is 1. The highest BCUT2D eigenvalue weighted by molar-refractivity contribution is 5.82. The molecular formula is C13H20N2O2. The molecule has 17 heavy (non-hydrogen) atoms. The van der Waals surface area contributed by atoms with E-state index in [1.807, 2.05) is 31.2 Å². The SMILES string of the molecule is COCCCNC(=O)C(N)c1ccc(C)cc1. The lowest BCUT2D eigenvalue weighted by Crippen LogP contribution is -2.34. The van der Waals surface area contributed by atoms with Crippen molar-refractivity contribution in [3.8, 4) is 0 Å². The van der Waals surface area contributed by atoms with Gasteiger partial charge in [-0.2, -0.15) is 0 Å². The molecule has 1 aromatic rings. The van der Waals surface area contributed by atoms with Gasteiger partial charge in [-0.1, -0.05) is 29.8 Å². The molecule has 0 fully saturated rings. The lowest BCUT2D eigenvalue weighted by atomic mass is 10.1. The molecule has 1 amide bonds. The molecule has 0 aliphatic rings. The zero-order valence-corrected chi connectivity index (χ0v) is 10.4. The summed E-state index contributed by atoms with van der Waals surface area (Å²) in [7, 11) is 1.64. The van der Waals surface area contributed by atoms with Gasteiger partial charge < -0.3 is 15.8 Å². The first-order valence-electron chi connectivity index (χ1n) is 5.74. The van der Waals surface area contributed by atoms with Crippen LogP contribution < -0.4 is 11.1 Å². The molecule has 0 radical (unpaired) electrons. The minimum absolute atomic E-state index is 0.148. The zero-order chi connectivity index (χ0) is 12.7. The molecule has 4 heteroatoms. The maximum Gasteiger partial charge on any atom is 0.241 e. The number of amides is 1. The van der Waals surface area contributed by atoms with Gasteiger partial charge in [0.25, 0.3) is 0 Å². The van der Waals surface area contributed by atoms with Crippen molar-refractivity contribution in [2.24, 2.45) is 5.73 Å². The molecule has 0 aromatic heterocycles. The number of ether oxygens (including phenoxy) is 1. The smallest absolute Gasteiger partial charge is 0.241 e. The summed E-state index contributed by atoms with van der Waals surface area (Å²) < 4.78 is 4.90. The highest BCUT2D eigenvalue weighted by Crippen LogP contribution is 2.11. The van der Waals surface area contributed by atoms with Crippen LogP contribution in [-0.2, 0) is 9.53 Å². The lowest BCUT2D eigenvalue weighted by molar-refractivity contribution is -0.122. The summed E-state index contributed by atoms with van der Waals surface area (Å²) in [5.41, 5.74) is 7.85. The molecule has 1 aromatic carbocycles. The Balaban J connectivity index is 2.43. The Morgan fingerprint density at radius 1 is 1.41 bits per heavy atom. The van der Waals surface area contributed by atoms with E-state index in [1.165, 1.54) is 0 Å². The van der Waals surface area contributed by atoms with Crippen molar-refractivity contribution in [1.29, 1.82) is 0 Å². The number of benzene rings is 1. The maximum atomic E-state index is 11.7. The molecule has 0 saturated heterocycles. The topological polar surface area (TPSA) is 64.3 Å². The van der Waals surface area contributed by atoms with Crippen LogP contribution in [0.1, 0.15) is 23.6 Å². The van der Waals surface area contributed by atoms with Gasteiger partial charge in [0.15, 0.2) is 0 Å². The van der Waals surface area contributed by atoms with E-state index in [2.05, 4.69) is 5.32 Å². The number of hydrogen-bond acceptors (Lipinski definition) is 3. The van der Waals surface area contributed by atoms with Gasteiger partial charge in [0.05, 0.1) is 0 Å². The quantitative estimate of drug-likeness (QED) is 0.728. The van der Waals surface area contributed by atoms with Crippen LogP contribution in [0.25, 0.3) is 0 Å². The lowest BCUT2D eigenvalue weighted by Gasteiger charge is -2.12. The van der Waals surface area contributed by atoms with Crippen molar-refractivity contribution in [1.82, 2.24) is 5.32 Å². The van der Waals surface area contributed by atoms with E-state index < -0.39 is 6.04 Å². The fourth-order valence-corrected chi connectivity index (χ4v) is 1.46. The van der Waals surface area contributed by atoms with Crippen molar-refractivity contribution in [3.05, 3.63) is 35.4 Å². The number of carbonyl (C=O) groups is 1. The summed E-state index contributed by atoms with van der Waals surface area (Å²) >= 11 is 0. The first-order valence-corrected chi connectivity index (χ1v) is 5.74. The Morgan fingerprint density at radius 3 is 2.65 bits per heavy atom.